The predicted molar refractivity (Wildman–Crippen MR) is 135 cm³/mol. The van der Waals surface area contributed by atoms with Gasteiger partial charge in [-0.15, -0.1) is 0 Å². The van der Waals surface area contributed by atoms with Crippen molar-refractivity contribution >= 4 is 22.7 Å². The third-order valence-electron chi connectivity index (χ3n) is 6.90. The minimum Gasteiger partial charge on any atom is -0.486 e. The molecule has 9 nitrogen and oxygen atoms in total. The highest BCUT2D eigenvalue weighted by Crippen LogP contribution is 2.33. The summed E-state index contributed by atoms with van der Waals surface area (Å²) in [6, 6.07) is 12.1. The molecule has 0 saturated heterocycles. The summed E-state index contributed by atoms with van der Waals surface area (Å²) in [5, 5.41) is 0.463. The molecule has 0 spiro atoms. The minimum atomic E-state index is -0.640. The van der Waals surface area contributed by atoms with Crippen molar-refractivity contribution in [2.75, 3.05) is 19.8 Å². The van der Waals surface area contributed by atoms with Crippen LogP contribution in [0.2, 0.25) is 0 Å². The summed E-state index contributed by atoms with van der Waals surface area (Å²) >= 11 is 0. The van der Waals surface area contributed by atoms with Crippen LogP contribution in [-0.4, -0.2) is 45.7 Å². The smallest absolute Gasteiger partial charge is 0.338 e. The largest absolute Gasteiger partial charge is 0.486 e. The van der Waals surface area contributed by atoms with Crippen molar-refractivity contribution in [3.63, 3.8) is 0 Å². The molecule has 0 N–H and O–H groups in total. The van der Waals surface area contributed by atoms with Gasteiger partial charge in [-0.2, -0.15) is 0 Å². The Labute approximate surface area is 212 Å². The van der Waals surface area contributed by atoms with Crippen LogP contribution in [-0.2, 0) is 17.7 Å². The molecule has 0 saturated carbocycles. The first-order valence-corrected chi connectivity index (χ1v) is 12.2. The first-order chi connectivity index (χ1) is 17.9. The number of aromatic nitrogens is 3. The van der Waals surface area contributed by atoms with E-state index >= 15 is 0 Å². The van der Waals surface area contributed by atoms with E-state index in [4.69, 9.17) is 14.2 Å². The summed E-state index contributed by atoms with van der Waals surface area (Å²) in [5.41, 5.74) is 3.54. The number of carbonyl (C=O) groups is 2. The molecule has 2 aliphatic heterocycles. The monoisotopic (exact) mass is 499 g/mol. The van der Waals surface area contributed by atoms with E-state index in [1.54, 1.807) is 22.8 Å². The van der Waals surface area contributed by atoms with Crippen molar-refractivity contribution in [1.82, 2.24) is 14.1 Å². The van der Waals surface area contributed by atoms with Gasteiger partial charge in [-0.1, -0.05) is 0 Å². The molecule has 0 bridgehead atoms. The fraction of sp³-hybridized carbons (Fsp3) is 0.286. The second-order valence-electron chi connectivity index (χ2n) is 9.27. The van der Waals surface area contributed by atoms with Crippen molar-refractivity contribution in [2.24, 2.45) is 0 Å². The van der Waals surface area contributed by atoms with Crippen molar-refractivity contribution in [1.29, 1.82) is 0 Å². The lowest BCUT2D eigenvalue weighted by Crippen LogP contribution is -2.21. The molecular formula is C28H25N3O6. The highest BCUT2D eigenvalue weighted by atomic mass is 16.6. The molecule has 188 valence electrons. The van der Waals surface area contributed by atoms with E-state index in [1.165, 1.54) is 6.07 Å². The van der Waals surface area contributed by atoms with Gasteiger partial charge in [0.15, 0.2) is 18.1 Å². The Morgan fingerprint density at radius 3 is 2.68 bits per heavy atom. The molecule has 0 radical (unpaired) electrons. The van der Waals surface area contributed by atoms with Crippen molar-refractivity contribution < 1.29 is 23.8 Å². The maximum atomic E-state index is 13.0. The topological polar surface area (TPSA) is 102 Å². The predicted octanol–water partition coefficient (Wildman–Crippen LogP) is 3.56. The number of carbonyl (C=O) groups excluding carboxylic acids is 2. The highest BCUT2D eigenvalue weighted by Gasteiger charge is 2.21. The zero-order valence-corrected chi connectivity index (χ0v) is 20.6. The van der Waals surface area contributed by atoms with Crippen LogP contribution >= 0.6 is 0 Å². The Balaban J connectivity index is 1.20. The molecule has 0 atom stereocenters. The quantitative estimate of drug-likeness (QED) is 0.306. The van der Waals surface area contributed by atoms with E-state index in [0.29, 0.717) is 47.7 Å². The summed E-state index contributed by atoms with van der Waals surface area (Å²) in [6.45, 7) is 5.03. The molecule has 0 fully saturated rings. The molecule has 0 unspecified atom stereocenters. The van der Waals surface area contributed by atoms with Crippen LogP contribution in [0.4, 0.5) is 0 Å². The number of hydrogen-bond acceptors (Lipinski definition) is 7. The molecule has 0 aliphatic carbocycles. The maximum Gasteiger partial charge on any atom is 0.338 e. The van der Waals surface area contributed by atoms with Gasteiger partial charge in [0.2, 0.25) is 5.78 Å². The molecule has 4 heterocycles. The maximum absolute atomic E-state index is 13.0. The van der Waals surface area contributed by atoms with Gasteiger partial charge in [-0.25, -0.2) is 9.78 Å². The summed E-state index contributed by atoms with van der Waals surface area (Å²) < 4.78 is 20.3. The summed E-state index contributed by atoms with van der Waals surface area (Å²) in [7, 11) is 0. The van der Waals surface area contributed by atoms with E-state index < -0.39 is 12.6 Å². The van der Waals surface area contributed by atoms with Crippen LogP contribution in [0.25, 0.3) is 16.6 Å². The second-order valence-corrected chi connectivity index (χ2v) is 9.27. The number of aryl methyl sites for hydroxylation is 2. The number of benzene rings is 2. The Hall–Kier alpha value is -4.40. The van der Waals surface area contributed by atoms with Gasteiger partial charge in [-0.05, 0) is 56.7 Å². The summed E-state index contributed by atoms with van der Waals surface area (Å²) in [5.74, 6) is 1.14. The van der Waals surface area contributed by atoms with Crippen molar-refractivity contribution in [3.8, 4) is 17.2 Å². The summed E-state index contributed by atoms with van der Waals surface area (Å²) in [6.07, 6.45) is 1.61. The van der Waals surface area contributed by atoms with Crippen molar-refractivity contribution in [2.45, 2.75) is 33.2 Å². The number of ketones is 1. The van der Waals surface area contributed by atoms with Gasteiger partial charge in [0.05, 0.1) is 16.5 Å². The average Bonchev–Trinajstić information content (AvgIpc) is 3.50. The van der Waals surface area contributed by atoms with Gasteiger partial charge in [0, 0.05) is 41.7 Å². The molecular weight excluding hydrogens is 474 g/mol. The van der Waals surface area contributed by atoms with Crippen LogP contribution in [0.5, 0.6) is 11.5 Å². The SMILES string of the molecule is Cc1cc(C(=O)COC(=O)c2ccc3c(=O)n4c(nc3c2)CCC4)c(C)n1-c1ccc2c(c1)OCCO2. The van der Waals surface area contributed by atoms with Crippen molar-refractivity contribution in [3.05, 3.63) is 81.2 Å². The molecule has 37 heavy (non-hydrogen) atoms. The van der Waals surface area contributed by atoms with E-state index in [2.05, 4.69) is 4.98 Å². The molecule has 9 heteroatoms. The normalized spacial score (nSPS) is 14.0. The van der Waals surface area contributed by atoms with Gasteiger partial charge in [0.25, 0.3) is 5.56 Å². The number of rotatable bonds is 5. The molecule has 2 aliphatic rings. The van der Waals surface area contributed by atoms with Gasteiger partial charge in [-0.3, -0.25) is 14.2 Å². The number of esters is 1. The molecule has 6 rings (SSSR count). The second kappa shape index (κ2) is 8.92. The number of ether oxygens (including phenoxy) is 3. The van der Waals surface area contributed by atoms with E-state index in [1.807, 2.05) is 36.6 Å². The number of Topliss-reactive ketones (excluding diaryl/α,β-unsaturated/α-hetero) is 1. The zero-order valence-electron chi connectivity index (χ0n) is 20.6. The average molecular weight is 500 g/mol. The van der Waals surface area contributed by atoms with Gasteiger partial charge in [0.1, 0.15) is 19.0 Å². The molecule has 4 aromatic rings. The van der Waals surface area contributed by atoms with E-state index in [0.717, 1.165) is 35.7 Å². The fourth-order valence-electron chi connectivity index (χ4n) is 5.12. The van der Waals surface area contributed by atoms with Crippen LogP contribution in [0, 0.1) is 13.8 Å². The number of hydrogen-bond donors (Lipinski definition) is 0. The number of nitrogens with zero attached hydrogens (tertiary/aromatic N) is 3. The van der Waals surface area contributed by atoms with E-state index in [9.17, 15) is 14.4 Å². The fourth-order valence-corrected chi connectivity index (χ4v) is 5.12. The standard InChI is InChI=1S/C28H25N3O6/c1-16-12-21(17(2)31(16)19-6-8-24-25(14-19)36-11-10-35-24)23(32)15-37-28(34)18-5-7-20-22(13-18)29-26-4-3-9-30(26)27(20)33/h5-8,12-14H,3-4,9-11,15H2,1-2H3. The van der Waals surface area contributed by atoms with Gasteiger partial charge >= 0.3 is 5.97 Å². The Bertz CT molecular complexity index is 1650. The Morgan fingerprint density at radius 2 is 1.84 bits per heavy atom. The number of fused-ring (bicyclic) bond motifs is 3. The lowest BCUT2D eigenvalue weighted by molar-refractivity contribution is 0.0474. The van der Waals surface area contributed by atoms with Crippen LogP contribution in [0.3, 0.4) is 0 Å². The first-order valence-electron chi connectivity index (χ1n) is 12.2. The highest BCUT2D eigenvalue weighted by molar-refractivity contribution is 6.01. The lowest BCUT2D eigenvalue weighted by atomic mass is 10.1. The molecule has 2 aromatic carbocycles. The van der Waals surface area contributed by atoms with E-state index in [-0.39, 0.29) is 16.9 Å². The zero-order chi connectivity index (χ0) is 25.7. The van der Waals surface area contributed by atoms with Gasteiger partial charge < -0.3 is 18.8 Å². The lowest BCUT2D eigenvalue weighted by Gasteiger charge is -2.20. The first kappa shape index (κ1) is 23.0. The molecule has 2 aromatic heterocycles. The Kier molecular flexibility index (Phi) is 5.55. The third-order valence-corrected chi connectivity index (χ3v) is 6.90. The summed E-state index contributed by atoms with van der Waals surface area (Å²) in [4.78, 5) is 43.0. The van der Waals surface area contributed by atoms with Crippen LogP contribution < -0.4 is 15.0 Å². The van der Waals surface area contributed by atoms with Crippen LogP contribution in [0.15, 0.2) is 47.3 Å². The minimum absolute atomic E-state index is 0.0963. The third kappa shape index (κ3) is 3.96. The van der Waals surface area contributed by atoms with Crippen LogP contribution in [0.1, 0.15) is 44.3 Å². The molecule has 0 amide bonds. The Morgan fingerprint density at radius 1 is 1.03 bits per heavy atom.